The number of nitrogens with zero attached hydrogens (tertiary/aromatic N) is 2. The summed E-state index contributed by atoms with van der Waals surface area (Å²) in [6.07, 6.45) is 4.41. The maximum absolute atomic E-state index is 12.0. The summed E-state index contributed by atoms with van der Waals surface area (Å²) in [7, 11) is 0. The minimum Gasteiger partial charge on any atom is -0.408 e. The van der Waals surface area contributed by atoms with E-state index in [4.69, 9.17) is 13.9 Å². The van der Waals surface area contributed by atoms with Gasteiger partial charge in [-0.05, 0) is 37.9 Å². The van der Waals surface area contributed by atoms with Gasteiger partial charge in [-0.1, -0.05) is 18.6 Å². The molecule has 2 aliphatic rings. The summed E-state index contributed by atoms with van der Waals surface area (Å²) in [4.78, 5) is 14.5. The molecule has 1 aromatic carbocycles. The molecule has 2 aliphatic heterocycles. The summed E-state index contributed by atoms with van der Waals surface area (Å²) in [5.74, 6) is -0.270. The molecule has 0 radical (unpaired) electrons. The van der Waals surface area contributed by atoms with Gasteiger partial charge in [0.15, 0.2) is 11.9 Å². The lowest BCUT2D eigenvalue weighted by Gasteiger charge is -2.38. The lowest BCUT2D eigenvalue weighted by atomic mass is 10.0. The summed E-state index contributed by atoms with van der Waals surface area (Å²) in [5.41, 5.74) is 1.53. The van der Waals surface area contributed by atoms with Gasteiger partial charge in [0, 0.05) is 13.1 Å². The molecule has 24 heavy (non-hydrogen) atoms. The number of para-hydroxylation sites is 2. The molecular weight excluding hydrogens is 308 g/mol. The van der Waals surface area contributed by atoms with Crippen molar-refractivity contribution >= 4 is 11.1 Å². The van der Waals surface area contributed by atoms with Gasteiger partial charge in [-0.2, -0.15) is 0 Å². The van der Waals surface area contributed by atoms with Crippen molar-refractivity contribution in [3.63, 3.8) is 0 Å². The Morgan fingerprint density at radius 3 is 2.79 bits per heavy atom. The summed E-state index contributed by atoms with van der Waals surface area (Å²) in [6.45, 7) is 4.09. The normalized spacial score (nSPS) is 23.2. The van der Waals surface area contributed by atoms with Gasteiger partial charge < -0.3 is 13.9 Å². The van der Waals surface area contributed by atoms with Crippen molar-refractivity contribution in [2.75, 3.05) is 26.3 Å². The second-order valence-corrected chi connectivity index (χ2v) is 6.55. The Labute approximate surface area is 140 Å². The first-order valence-electron chi connectivity index (χ1n) is 8.88. The van der Waals surface area contributed by atoms with E-state index in [1.807, 2.05) is 24.3 Å². The van der Waals surface area contributed by atoms with E-state index in [0.717, 1.165) is 31.4 Å². The molecule has 3 heterocycles. The third-order valence-electron chi connectivity index (χ3n) is 5.03. The van der Waals surface area contributed by atoms with Crippen LogP contribution in [0, 0.1) is 0 Å². The van der Waals surface area contributed by atoms with Crippen LogP contribution in [-0.4, -0.2) is 48.1 Å². The first kappa shape index (κ1) is 15.9. The average molecular weight is 332 g/mol. The zero-order chi connectivity index (χ0) is 16.4. The SMILES string of the molecule is O=c1oc2ccccc2n1CCCN1CCCCC1C1OCCO1. The van der Waals surface area contributed by atoms with E-state index in [2.05, 4.69) is 4.90 Å². The molecule has 2 fully saturated rings. The predicted octanol–water partition coefficient (Wildman–Crippen LogP) is 2.21. The highest BCUT2D eigenvalue weighted by Crippen LogP contribution is 2.24. The molecule has 2 aromatic rings. The fourth-order valence-corrected chi connectivity index (χ4v) is 3.86. The van der Waals surface area contributed by atoms with Crippen molar-refractivity contribution in [3.05, 3.63) is 34.8 Å². The number of benzene rings is 1. The van der Waals surface area contributed by atoms with Gasteiger partial charge >= 0.3 is 5.76 Å². The Kier molecular flexibility index (Phi) is 4.69. The molecule has 0 saturated carbocycles. The number of aromatic nitrogens is 1. The largest absolute Gasteiger partial charge is 0.419 e. The Balaban J connectivity index is 1.40. The smallest absolute Gasteiger partial charge is 0.408 e. The Morgan fingerprint density at radius 1 is 1.08 bits per heavy atom. The number of rotatable bonds is 5. The third-order valence-corrected chi connectivity index (χ3v) is 5.03. The van der Waals surface area contributed by atoms with Crippen molar-refractivity contribution in [1.82, 2.24) is 9.47 Å². The Bertz CT molecular complexity index is 732. The Morgan fingerprint density at radius 2 is 1.92 bits per heavy atom. The van der Waals surface area contributed by atoms with Crippen LogP contribution in [0.15, 0.2) is 33.5 Å². The molecule has 6 heteroatoms. The lowest BCUT2D eigenvalue weighted by Crippen LogP contribution is -2.47. The highest BCUT2D eigenvalue weighted by atomic mass is 16.7. The van der Waals surface area contributed by atoms with Crippen LogP contribution in [0.4, 0.5) is 0 Å². The van der Waals surface area contributed by atoms with E-state index >= 15 is 0 Å². The molecular formula is C18H24N2O4. The number of likely N-dealkylation sites (tertiary alicyclic amines) is 1. The van der Waals surface area contributed by atoms with Crippen LogP contribution in [0.1, 0.15) is 25.7 Å². The maximum atomic E-state index is 12.0. The Hall–Kier alpha value is -1.63. The minimum absolute atomic E-state index is 0.0808. The van der Waals surface area contributed by atoms with E-state index in [-0.39, 0.29) is 12.0 Å². The average Bonchev–Trinajstić information content (AvgIpc) is 3.24. The molecule has 2 saturated heterocycles. The second kappa shape index (κ2) is 7.09. The number of ether oxygens (including phenoxy) is 2. The maximum Gasteiger partial charge on any atom is 0.419 e. The third kappa shape index (κ3) is 3.14. The van der Waals surface area contributed by atoms with Crippen LogP contribution in [0.25, 0.3) is 11.1 Å². The van der Waals surface area contributed by atoms with Crippen LogP contribution in [0.3, 0.4) is 0 Å². The van der Waals surface area contributed by atoms with Crippen molar-refractivity contribution in [2.45, 2.75) is 44.6 Å². The summed E-state index contributed by atoms with van der Waals surface area (Å²) in [5, 5.41) is 0. The molecule has 0 bridgehead atoms. The fourth-order valence-electron chi connectivity index (χ4n) is 3.86. The van der Waals surface area contributed by atoms with Crippen LogP contribution < -0.4 is 5.76 Å². The van der Waals surface area contributed by atoms with E-state index < -0.39 is 0 Å². The van der Waals surface area contributed by atoms with Gasteiger partial charge in [-0.3, -0.25) is 9.47 Å². The molecule has 0 aliphatic carbocycles. The molecule has 0 spiro atoms. The quantitative estimate of drug-likeness (QED) is 0.840. The number of oxazole rings is 1. The molecule has 6 nitrogen and oxygen atoms in total. The van der Waals surface area contributed by atoms with Crippen molar-refractivity contribution in [3.8, 4) is 0 Å². The zero-order valence-electron chi connectivity index (χ0n) is 13.9. The van der Waals surface area contributed by atoms with Gasteiger partial charge in [0.2, 0.25) is 0 Å². The topological polar surface area (TPSA) is 56.8 Å². The number of fused-ring (bicyclic) bond motifs is 1. The number of hydrogen-bond acceptors (Lipinski definition) is 5. The van der Waals surface area contributed by atoms with E-state index in [1.54, 1.807) is 4.57 Å². The van der Waals surface area contributed by atoms with E-state index in [9.17, 15) is 4.79 Å². The van der Waals surface area contributed by atoms with Gasteiger partial charge in [0.05, 0.1) is 24.8 Å². The van der Waals surface area contributed by atoms with Crippen molar-refractivity contribution < 1.29 is 13.9 Å². The summed E-state index contributed by atoms with van der Waals surface area (Å²) < 4.78 is 18.5. The van der Waals surface area contributed by atoms with Gasteiger partial charge in [0.1, 0.15) is 0 Å². The predicted molar refractivity (Wildman–Crippen MR) is 90.0 cm³/mol. The molecule has 0 amide bonds. The molecule has 130 valence electrons. The molecule has 1 atom stereocenters. The fraction of sp³-hybridized carbons (Fsp3) is 0.611. The first-order chi connectivity index (χ1) is 11.8. The highest BCUT2D eigenvalue weighted by molar-refractivity contribution is 5.72. The zero-order valence-corrected chi connectivity index (χ0v) is 13.9. The van der Waals surface area contributed by atoms with Crippen molar-refractivity contribution in [1.29, 1.82) is 0 Å². The lowest BCUT2D eigenvalue weighted by molar-refractivity contribution is -0.109. The van der Waals surface area contributed by atoms with Crippen molar-refractivity contribution in [2.24, 2.45) is 0 Å². The first-order valence-corrected chi connectivity index (χ1v) is 8.88. The van der Waals surface area contributed by atoms with Gasteiger partial charge in [-0.15, -0.1) is 0 Å². The van der Waals surface area contributed by atoms with Gasteiger partial charge in [0.25, 0.3) is 0 Å². The van der Waals surface area contributed by atoms with Gasteiger partial charge in [-0.25, -0.2) is 4.79 Å². The molecule has 0 N–H and O–H groups in total. The van der Waals surface area contributed by atoms with E-state index in [1.165, 1.54) is 12.8 Å². The molecule has 1 aromatic heterocycles. The van der Waals surface area contributed by atoms with Crippen LogP contribution >= 0.6 is 0 Å². The number of aryl methyl sites for hydroxylation is 1. The monoisotopic (exact) mass is 332 g/mol. The van der Waals surface area contributed by atoms with Crippen LogP contribution in [0.2, 0.25) is 0 Å². The summed E-state index contributed by atoms with van der Waals surface area (Å²) >= 11 is 0. The molecule has 4 rings (SSSR count). The minimum atomic E-state index is -0.270. The number of piperidine rings is 1. The second-order valence-electron chi connectivity index (χ2n) is 6.55. The van der Waals surface area contributed by atoms with Crippen LogP contribution in [0.5, 0.6) is 0 Å². The summed E-state index contributed by atoms with van der Waals surface area (Å²) in [6, 6.07) is 7.94. The molecule has 1 unspecified atom stereocenters. The highest BCUT2D eigenvalue weighted by Gasteiger charge is 2.33. The van der Waals surface area contributed by atoms with Crippen LogP contribution in [-0.2, 0) is 16.0 Å². The number of hydrogen-bond donors (Lipinski definition) is 0. The standard InChI is InChI=1S/C18H24N2O4/c21-18-20(14-6-1-2-8-16(14)24-18)11-5-10-19-9-4-3-7-15(19)17-22-12-13-23-17/h1-2,6,8,15,17H,3-5,7,9-13H2. The van der Waals surface area contributed by atoms with E-state index in [0.29, 0.717) is 31.4 Å².